The second-order valence-corrected chi connectivity index (χ2v) is 8.12. The molecule has 0 unspecified atom stereocenters. The maximum Gasteiger partial charge on any atom is 0.251 e. The number of anilines is 1. The van der Waals surface area contributed by atoms with Gasteiger partial charge in [-0.2, -0.15) is 5.10 Å². The molecule has 2 fully saturated rings. The van der Waals surface area contributed by atoms with Crippen molar-refractivity contribution in [1.82, 2.24) is 25.1 Å². The standard InChI is InChI=1S/C22H26N6O/c29-22(18-3-1-16(2-4-18)14-27-12-9-23-15-27)24-19-7-10-28(11-8-19)21-13-20(25-26-21)17-5-6-17/h1-4,9,12-13,15,17,19H,5-8,10-11,14H2,(H,24,29)(H,25,26). The smallest absolute Gasteiger partial charge is 0.251 e. The average Bonchev–Trinajstić information content (AvgIpc) is 3.25. The topological polar surface area (TPSA) is 78.8 Å². The number of H-pyrrole nitrogens is 1. The van der Waals surface area contributed by atoms with Crippen molar-refractivity contribution in [3.05, 3.63) is 65.9 Å². The molecule has 1 aliphatic heterocycles. The molecule has 0 spiro atoms. The number of rotatable bonds is 6. The molecule has 0 atom stereocenters. The van der Waals surface area contributed by atoms with E-state index in [0.29, 0.717) is 11.5 Å². The van der Waals surface area contributed by atoms with Crippen LogP contribution in [0.1, 0.15) is 53.2 Å². The van der Waals surface area contributed by atoms with Crippen molar-refractivity contribution in [2.24, 2.45) is 0 Å². The van der Waals surface area contributed by atoms with Gasteiger partial charge >= 0.3 is 0 Å². The summed E-state index contributed by atoms with van der Waals surface area (Å²) in [5, 5.41) is 10.9. The van der Waals surface area contributed by atoms with E-state index in [9.17, 15) is 4.79 Å². The van der Waals surface area contributed by atoms with Gasteiger partial charge in [0.1, 0.15) is 0 Å². The summed E-state index contributed by atoms with van der Waals surface area (Å²) in [6.45, 7) is 2.60. The zero-order chi connectivity index (χ0) is 19.6. The van der Waals surface area contributed by atoms with E-state index in [1.165, 1.54) is 18.5 Å². The fraction of sp³-hybridized carbons (Fsp3) is 0.409. The Morgan fingerprint density at radius 2 is 1.93 bits per heavy atom. The Labute approximate surface area is 170 Å². The van der Waals surface area contributed by atoms with Crippen molar-refractivity contribution in [3.8, 4) is 0 Å². The van der Waals surface area contributed by atoms with Gasteiger partial charge in [-0.25, -0.2) is 4.98 Å². The molecule has 2 aromatic heterocycles. The van der Waals surface area contributed by atoms with Crippen molar-refractivity contribution in [2.75, 3.05) is 18.0 Å². The molecule has 1 amide bonds. The molecule has 2 N–H and O–H groups in total. The number of piperidine rings is 1. The van der Waals surface area contributed by atoms with Crippen molar-refractivity contribution < 1.29 is 4.79 Å². The van der Waals surface area contributed by atoms with Crippen molar-refractivity contribution in [3.63, 3.8) is 0 Å². The van der Waals surface area contributed by atoms with Gasteiger partial charge in [-0.1, -0.05) is 12.1 Å². The van der Waals surface area contributed by atoms with E-state index in [-0.39, 0.29) is 11.9 Å². The summed E-state index contributed by atoms with van der Waals surface area (Å²) in [6.07, 6.45) is 9.93. The Bertz CT molecular complexity index is 950. The number of aromatic nitrogens is 4. The summed E-state index contributed by atoms with van der Waals surface area (Å²) in [5.74, 6) is 1.75. The van der Waals surface area contributed by atoms with Crippen LogP contribution in [0.3, 0.4) is 0 Å². The number of benzene rings is 1. The van der Waals surface area contributed by atoms with Crippen molar-refractivity contribution in [1.29, 1.82) is 0 Å². The van der Waals surface area contributed by atoms with Crippen LogP contribution in [-0.2, 0) is 6.54 Å². The SMILES string of the molecule is O=C(NC1CCN(c2cc(C3CC3)[nH]n2)CC1)c1ccc(Cn2ccnc2)cc1. The molecule has 0 bridgehead atoms. The van der Waals surface area contributed by atoms with E-state index >= 15 is 0 Å². The number of amides is 1. The fourth-order valence-electron chi connectivity index (χ4n) is 3.97. The third-order valence-corrected chi connectivity index (χ3v) is 5.90. The maximum absolute atomic E-state index is 12.6. The van der Waals surface area contributed by atoms with Crippen LogP contribution >= 0.6 is 0 Å². The lowest BCUT2D eigenvalue weighted by Gasteiger charge is -2.32. The third-order valence-electron chi connectivity index (χ3n) is 5.90. The van der Waals surface area contributed by atoms with Gasteiger partial charge < -0.3 is 14.8 Å². The van der Waals surface area contributed by atoms with E-state index in [0.717, 1.165) is 43.9 Å². The number of nitrogens with zero attached hydrogens (tertiary/aromatic N) is 4. The fourth-order valence-corrected chi connectivity index (χ4v) is 3.97. The van der Waals surface area contributed by atoms with Gasteiger partial charge in [-0.05, 0) is 43.4 Å². The quantitative estimate of drug-likeness (QED) is 0.678. The number of hydrogen-bond donors (Lipinski definition) is 2. The average molecular weight is 390 g/mol. The molecule has 3 aromatic rings. The summed E-state index contributed by atoms with van der Waals surface area (Å²) in [6, 6.07) is 10.2. The van der Waals surface area contributed by atoms with E-state index in [1.54, 1.807) is 12.5 Å². The number of hydrogen-bond acceptors (Lipinski definition) is 4. The highest BCUT2D eigenvalue weighted by Crippen LogP contribution is 2.40. The van der Waals surface area contributed by atoms with Crippen molar-refractivity contribution in [2.45, 2.75) is 44.2 Å². The Kier molecular flexibility index (Phi) is 4.79. The first-order valence-corrected chi connectivity index (χ1v) is 10.4. The molecule has 3 heterocycles. The molecular weight excluding hydrogens is 364 g/mol. The molecule has 1 aliphatic carbocycles. The lowest BCUT2D eigenvalue weighted by Crippen LogP contribution is -2.44. The first-order chi connectivity index (χ1) is 14.2. The second-order valence-electron chi connectivity index (χ2n) is 8.12. The van der Waals surface area contributed by atoms with Crippen LogP contribution in [0.5, 0.6) is 0 Å². The predicted molar refractivity (Wildman–Crippen MR) is 111 cm³/mol. The van der Waals surface area contributed by atoms with Crippen LogP contribution in [0.4, 0.5) is 5.82 Å². The summed E-state index contributed by atoms with van der Waals surface area (Å²) in [7, 11) is 0. The molecule has 150 valence electrons. The predicted octanol–water partition coefficient (Wildman–Crippen LogP) is 2.93. The van der Waals surface area contributed by atoms with Gasteiger partial charge in [0.25, 0.3) is 5.91 Å². The Morgan fingerprint density at radius 3 is 2.62 bits per heavy atom. The summed E-state index contributed by atoms with van der Waals surface area (Å²) in [5.41, 5.74) is 3.13. The number of carbonyl (C=O) groups excluding carboxylic acids is 1. The minimum absolute atomic E-state index is 0.00780. The first-order valence-electron chi connectivity index (χ1n) is 10.4. The van der Waals surface area contributed by atoms with Gasteiger partial charge in [0.05, 0.1) is 6.33 Å². The summed E-state index contributed by atoms with van der Waals surface area (Å²) >= 11 is 0. The van der Waals surface area contributed by atoms with E-state index in [1.807, 2.05) is 35.0 Å². The van der Waals surface area contributed by atoms with Crippen LogP contribution < -0.4 is 10.2 Å². The molecule has 1 aromatic carbocycles. The monoisotopic (exact) mass is 390 g/mol. The van der Waals surface area contributed by atoms with Gasteiger partial charge in [0.2, 0.25) is 0 Å². The second kappa shape index (κ2) is 7.73. The molecule has 1 saturated heterocycles. The Morgan fingerprint density at radius 1 is 1.14 bits per heavy atom. The highest BCUT2D eigenvalue weighted by Gasteiger charge is 2.27. The highest BCUT2D eigenvalue weighted by atomic mass is 16.1. The molecule has 7 nitrogen and oxygen atoms in total. The minimum Gasteiger partial charge on any atom is -0.355 e. The van der Waals surface area contributed by atoms with E-state index < -0.39 is 0 Å². The van der Waals surface area contributed by atoms with Gasteiger partial charge in [-0.3, -0.25) is 9.89 Å². The van der Waals surface area contributed by atoms with Crippen LogP contribution in [0, 0.1) is 0 Å². The lowest BCUT2D eigenvalue weighted by atomic mass is 10.0. The van der Waals surface area contributed by atoms with E-state index in [2.05, 4.69) is 31.5 Å². The highest BCUT2D eigenvalue weighted by molar-refractivity contribution is 5.94. The Balaban J connectivity index is 1.12. The van der Waals surface area contributed by atoms with Gasteiger partial charge in [0, 0.05) is 61.3 Å². The van der Waals surface area contributed by atoms with Gasteiger partial charge in [-0.15, -0.1) is 0 Å². The molecule has 29 heavy (non-hydrogen) atoms. The molecule has 1 saturated carbocycles. The largest absolute Gasteiger partial charge is 0.355 e. The lowest BCUT2D eigenvalue weighted by molar-refractivity contribution is 0.0931. The van der Waals surface area contributed by atoms with Crippen LogP contribution in [0.2, 0.25) is 0 Å². The van der Waals surface area contributed by atoms with E-state index in [4.69, 9.17) is 0 Å². The minimum atomic E-state index is 0.00780. The molecule has 2 aliphatic rings. The summed E-state index contributed by atoms with van der Waals surface area (Å²) in [4.78, 5) is 19.0. The molecule has 5 rings (SSSR count). The molecular formula is C22H26N6O. The Hall–Kier alpha value is -3.09. The maximum atomic E-state index is 12.6. The van der Waals surface area contributed by atoms with Crippen LogP contribution in [0.25, 0.3) is 0 Å². The number of aromatic amines is 1. The first kappa shape index (κ1) is 18.0. The number of imidazole rings is 1. The third kappa shape index (κ3) is 4.18. The van der Waals surface area contributed by atoms with Crippen LogP contribution in [-0.4, -0.2) is 44.8 Å². The summed E-state index contributed by atoms with van der Waals surface area (Å²) < 4.78 is 2.01. The number of carbonyl (C=O) groups is 1. The van der Waals surface area contributed by atoms with Crippen LogP contribution in [0.15, 0.2) is 49.1 Å². The van der Waals surface area contributed by atoms with Gasteiger partial charge in [0.15, 0.2) is 5.82 Å². The zero-order valence-electron chi connectivity index (χ0n) is 16.4. The zero-order valence-corrected chi connectivity index (χ0v) is 16.4. The van der Waals surface area contributed by atoms with Crippen molar-refractivity contribution >= 4 is 11.7 Å². The molecule has 0 radical (unpaired) electrons. The number of nitrogens with one attached hydrogen (secondary N) is 2. The molecule has 7 heteroatoms. The normalized spacial score (nSPS) is 17.4.